The van der Waals surface area contributed by atoms with Crippen LogP contribution in [0.3, 0.4) is 0 Å². The molecule has 0 radical (unpaired) electrons. The van der Waals surface area contributed by atoms with Gasteiger partial charge in [-0.15, -0.1) is 0 Å². The van der Waals surface area contributed by atoms with E-state index in [1.807, 2.05) is 13.8 Å². The number of allylic oxidation sites excluding steroid dienone is 1. The Kier molecular flexibility index (Phi) is 4.65. The SMILES string of the molecule is CC(C)=CCOC(=O)C(C)=[N+]=[N-]. The van der Waals surface area contributed by atoms with Crippen molar-refractivity contribution in [3.05, 3.63) is 17.2 Å². The summed E-state index contributed by atoms with van der Waals surface area (Å²) in [5.41, 5.74) is 9.21. The summed E-state index contributed by atoms with van der Waals surface area (Å²) in [5, 5.41) is 0. The molecule has 12 heavy (non-hydrogen) atoms. The third-order valence-corrected chi connectivity index (χ3v) is 1.15. The molecule has 0 saturated heterocycles. The normalized spacial score (nSPS) is 8.25. The second-order valence-corrected chi connectivity index (χ2v) is 2.57. The molecular formula is C8H12N2O2. The lowest BCUT2D eigenvalue weighted by Gasteiger charge is -1.95. The topological polar surface area (TPSA) is 62.7 Å². The Hall–Kier alpha value is -1.41. The molecule has 0 aromatic heterocycles. The van der Waals surface area contributed by atoms with Crippen molar-refractivity contribution in [1.29, 1.82) is 0 Å². The number of hydrogen-bond donors (Lipinski definition) is 0. The van der Waals surface area contributed by atoms with E-state index in [2.05, 4.69) is 4.79 Å². The van der Waals surface area contributed by atoms with Gasteiger partial charge in [-0.3, -0.25) is 0 Å². The summed E-state index contributed by atoms with van der Waals surface area (Å²) in [6, 6.07) is 0. The van der Waals surface area contributed by atoms with Crippen LogP contribution in [0.25, 0.3) is 5.53 Å². The fourth-order valence-electron chi connectivity index (χ4n) is 0.429. The van der Waals surface area contributed by atoms with Crippen LogP contribution < -0.4 is 0 Å². The van der Waals surface area contributed by atoms with Crippen LogP contribution in [-0.4, -0.2) is 23.1 Å². The van der Waals surface area contributed by atoms with E-state index in [9.17, 15) is 4.79 Å². The van der Waals surface area contributed by atoms with E-state index in [0.717, 1.165) is 5.57 Å². The molecule has 0 bridgehead atoms. The van der Waals surface area contributed by atoms with Gasteiger partial charge >= 0.3 is 11.7 Å². The van der Waals surface area contributed by atoms with Gasteiger partial charge in [-0.1, -0.05) is 5.57 Å². The summed E-state index contributed by atoms with van der Waals surface area (Å²) >= 11 is 0. The minimum absolute atomic E-state index is 0.0443. The Morgan fingerprint density at radius 1 is 1.50 bits per heavy atom. The molecule has 0 N–H and O–H groups in total. The second-order valence-electron chi connectivity index (χ2n) is 2.57. The molecule has 0 aromatic rings. The van der Waals surface area contributed by atoms with E-state index >= 15 is 0 Å². The van der Waals surface area contributed by atoms with Crippen molar-refractivity contribution in [1.82, 2.24) is 0 Å². The first-order valence-electron chi connectivity index (χ1n) is 3.57. The average molecular weight is 168 g/mol. The monoisotopic (exact) mass is 168 g/mol. The molecule has 0 aliphatic rings. The molecule has 0 fully saturated rings. The van der Waals surface area contributed by atoms with Crippen LogP contribution in [0.4, 0.5) is 0 Å². The second kappa shape index (κ2) is 5.27. The third kappa shape index (κ3) is 4.41. The maximum atomic E-state index is 10.8. The Bertz CT molecular complexity index is 246. The summed E-state index contributed by atoms with van der Waals surface area (Å²) in [4.78, 5) is 13.5. The fourth-order valence-corrected chi connectivity index (χ4v) is 0.429. The van der Waals surface area contributed by atoms with E-state index in [1.165, 1.54) is 6.92 Å². The zero-order valence-corrected chi connectivity index (χ0v) is 7.50. The van der Waals surface area contributed by atoms with Crippen LogP contribution >= 0.6 is 0 Å². The van der Waals surface area contributed by atoms with Gasteiger partial charge in [0.15, 0.2) is 0 Å². The van der Waals surface area contributed by atoms with Crippen molar-refractivity contribution >= 4 is 11.7 Å². The number of rotatable bonds is 3. The molecule has 0 aromatic carbocycles. The van der Waals surface area contributed by atoms with Gasteiger partial charge in [0, 0.05) is 6.92 Å². The minimum Gasteiger partial charge on any atom is -0.453 e. The highest BCUT2D eigenvalue weighted by molar-refractivity contribution is 6.32. The van der Waals surface area contributed by atoms with E-state index < -0.39 is 5.97 Å². The summed E-state index contributed by atoms with van der Waals surface area (Å²) in [6.07, 6.45) is 1.77. The van der Waals surface area contributed by atoms with Crippen LogP contribution in [0.2, 0.25) is 0 Å². The molecule has 0 saturated carbocycles. The lowest BCUT2D eigenvalue weighted by atomic mass is 10.3. The van der Waals surface area contributed by atoms with Crippen molar-refractivity contribution in [2.45, 2.75) is 20.8 Å². The van der Waals surface area contributed by atoms with Gasteiger partial charge in [0.25, 0.3) is 0 Å². The highest BCUT2D eigenvalue weighted by Crippen LogP contribution is 1.89. The van der Waals surface area contributed by atoms with Crippen molar-refractivity contribution in [2.75, 3.05) is 6.61 Å². The molecule has 66 valence electrons. The van der Waals surface area contributed by atoms with Crippen LogP contribution in [-0.2, 0) is 9.53 Å². The average Bonchev–Trinajstić information content (AvgIpc) is 2.02. The van der Waals surface area contributed by atoms with Crippen molar-refractivity contribution in [3.8, 4) is 0 Å². The van der Waals surface area contributed by atoms with E-state index in [4.69, 9.17) is 10.3 Å². The first kappa shape index (κ1) is 10.6. The fraction of sp³-hybridized carbons (Fsp3) is 0.500. The molecule has 0 amide bonds. The van der Waals surface area contributed by atoms with Gasteiger partial charge < -0.3 is 10.3 Å². The Morgan fingerprint density at radius 2 is 2.08 bits per heavy atom. The van der Waals surface area contributed by atoms with Crippen LogP contribution in [0.15, 0.2) is 11.6 Å². The highest BCUT2D eigenvalue weighted by atomic mass is 16.5. The first-order chi connectivity index (χ1) is 5.57. The smallest absolute Gasteiger partial charge is 0.416 e. The molecule has 4 nitrogen and oxygen atoms in total. The van der Waals surface area contributed by atoms with Crippen LogP contribution in [0.1, 0.15) is 20.8 Å². The Labute approximate surface area is 71.5 Å². The Balaban J connectivity index is 3.89. The highest BCUT2D eigenvalue weighted by Gasteiger charge is 2.13. The molecule has 0 atom stereocenters. The molecule has 0 unspecified atom stereocenters. The van der Waals surface area contributed by atoms with Crippen molar-refractivity contribution in [2.24, 2.45) is 0 Å². The summed E-state index contributed by atoms with van der Waals surface area (Å²) in [7, 11) is 0. The molecule has 0 aliphatic heterocycles. The minimum atomic E-state index is -0.602. The van der Waals surface area contributed by atoms with Crippen LogP contribution in [0, 0.1) is 0 Å². The Morgan fingerprint density at radius 3 is 2.50 bits per heavy atom. The number of hydrogen-bond acceptors (Lipinski definition) is 2. The van der Waals surface area contributed by atoms with E-state index in [0.29, 0.717) is 0 Å². The predicted octanol–water partition coefficient (Wildman–Crippen LogP) is 1.19. The molecule has 0 aliphatic carbocycles. The largest absolute Gasteiger partial charge is 0.453 e. The summed E-state index contributed by atoms with van der Waals surface area (Å²) in [5.74, 6) is -0.602. The molecule has 4 heteroatoms. The summed E-state index contributed by atoms with van der Waals surface area (Å²) in [6.45, 7) is 5.40. The van der Waals surface area contributed by atoms with Gasteiger partial charge in [0.05, 0.1) is 0 Å². The zero-order valence-electron chi connectivity index (χ0n) is 7.50. The van der Waals surface area contributed by atoms with E-state index in [-0.39, 0.29) is 12.3 Å². The molecule has 0 rings (SSSR count). The number of nitrogens with zero attached hydrogens (tertiary/aromatic N) is 2. The number of carbonyl (C=O) groups is 1. The maximum Gasteiger partial charge on any atom is 0.416 e. The third-order valence-electron chi connectivity index (χ3n) is 1.15. The molecular weight excluding hydrogens is 156 g/mol. The van der Waals surface area contributed by atoms with Crippen molar-refractivity contribution < 1.29 is 14.3 Å². The zero-order chi connectivity index (χ0) is 9.56. The van der Waals surface area contributed by atoms with E-state index in [1.54, 1.807) is 6.08 Å². The lowest BCUT2D eigenvalue weighted by Crippen LogP contribution is -2.15. The standard InChI is InChI=1S/C8H12N2O2/c1-6(2)4-5-12-8(11)7(3)10-9/h4H,5H2,1-3H3. The number of ether oxygens (including phenoxy) is 1. The predicted molar refractivity (Wildman–Crippen MR) is 44.7 cm³/mol. The first-order valence-corrected chi connectivity index (χ1v) is 3.57. The van der Waals surface area contributed by atoms with Gasteiger partial charge in [0.1, 0.15) is 6.61 Å². The van der Waals surface area contributed by atoms with Gasteiger partial charge in [-0.2, -0.15) is 4.79 Å². The van der Waals surface area contributed by atoms with Gasteiger partial charge in [-0.25, -0.2) is 4.79 Å². The summed E-state index contributed by atoms with van der Waals surface area (Å²) < 4.78 is 4.70. The van der Waals surface area contributed by atoms with Crippen molar-refractivity contribution in [3.63, 3.8) is 0 Å². The van der Waals surface area contributed by atoms with Gasteiger partial charge in [-0.05, 0) is 19.9 Å². The number of carbonyl (C=O) groups excluding carboxylic acids is 1. The van der Waals surface area contributed by atoms with Crippen LogP contribution in [0.5, 0.6) is 0 Å². The molecule has 0 heterocycles. The van der Waals surface area contributed by atoms with Gasteiger partial charge in [0.2, 0.25) is 0 Å². The maximum absolute atomic E-state index is 10.8. The lowest BCUT2D eigenvalue weighted by molar-refractivity contribution is -0.139. The molecule has 0 spiro atoms. The number of esters is 1. The quantitative estimate of drug-likeness (QED) is 0.209.